The van der Waals surface area contributed by atoms with Gasteiger partial charge in [-0.15, -0.1) is 0 Å². The van der Waals surface area contributed by atoms with Crippen LogP contribution in [0.1, 0.15) is 20.3 Å². The van der Waals surface area contributed by atoms with Gasteiger partial charge in [0.1, 0.15) is 6.42 Å². The third kappa shape index (κ3) is 4.81. The average Bonchev–Trinajstić information content (AvgIpc) is 2.05. The Kier molecular flexibility index (Phi) is 5.30. The maximum Gasteiger partial charge on any atom is 0.313 e. The van der Waals surface area contributed by atoms with Crippen LogP contribution in [0.25, 0.3) is 10.4 Å². The van der Waals surface area contributed by atoms with Crippen LogP contribution in [0.15, 0.2) is 5.11 Å². The summed E-state index contributed by atoms with van der Waals surface area (Å²) in [4.78, 5) is 24.3. The number of ketones is 1. The largest absolute Gasteiger partial charge is 0.466 e. The lowest BCUT2D eigenvalue weighted by Gasteiger charge is -2.02. The number of nitrogens with zero attached hydrogens (tertiary/aromatic N) is 3. The molecule has 0 rings (SSSR count). The highest BCUT2D eigenvalue weighted by molar-refractivity contribution is 5.98. The molecule has 6 heteroatoms. The fraction of sp³-hybridized carbons (Fsp3) is 0.714. The van der Waals surface area contributed by atoms with E-state index in [4.69, 9.17) is 5.53 Å². The third-order valence-corrected chi connectivity index (χ3v) is 1.31. The Hall–Kier alpha value is -1.55. The normalized spacial score (nSPS) is 11.2. The second kappa shape index (κ2) is 6.02. The highest BCUT2D eigenvalue weighted by atomic mass is 16.5. The summed E-state index contributed by atoms with van der Waals surface area (Å²) in [5.41, 5.74) is 8.01. The topological polar surface area (TPSA) is 92.1 Å². The Morgan fingerprint density at radius 1 is 1.62 bits per heavy atom. The molecule has 0 aromatic heterocycles. The molecule has 0 heterocycles. The highest BCUT2D eigenvalue weighted by Crippen LogP contribution is 1.98. The summed E-state index contributed by atoms with van der Waals surface area (Å²) >= 11 is 0. The number of rotatable bonds is 5. The number of azide groups is 1. The molecular formula is C7H11N3O3. The number of carbonyl (C=O) groups is 2. The molecule has 0 amide bonds. The summed E-state index contributed by atoms with van der Waals surface area (Å²) in [6.07, 6.45) is -0.339. The molecule has 13 heavy (non-hydrogen) atoms. The molecule has 0 aliphatic carbocycles. The zero-order chi connectivity index (χ0) is 10.3. The minimum atomic E-state index is -0.811. The number of Topliss-reactive ketones (excluding diaryl/α,β-unsaturated/α-hetero) is 1. The molecule has 0 aliphatic rings. The zero-order valence-electron chi connectivity index (χ0n) is 7.56. The lowest BCUT2D eigenvalue weighted by atomic mass is 10.2. The van der Waals surface area contributed by atoms with E-state index in [1.807, 2.05) is 0 Å². The van der Waals surface area contributed by atoms with E-state index in [2.05, 4.69) is 14.8 Å². The van der Waals surface area contributed by atoms with Gasteiger partial charge in [0.05, 0.1) is 12.6 Å². The molecule has 1 atom stereocenters. The summed E-state index contributed by atoms with van der Waals surface area (Å²) in [6, 6.07) is -0.811. The van der Waals surface area contributed by atoms with Crippen molar-refractivity contribution in [3.8, 4) is 0 Å². The first-order chi connectivity index (χ1) is 6.11. The summed E-state index contributed by atoms with van der Waals surface area (Å²) in [5.74, 6) is -1.02. The van der Waals surface area contributed by atoms with E-state index in [1.165, 1.54) is 6.92 Å². The predicted octanol–water partition coefficient (Wildman–Crippen LogP) is 1.21. The standard InChI is InChI=1S/C7H11N3O3/c1-3-13-7(12)4-6(11)5(2)9-10-8/h5H,3-4H2,1-2H3. The molecule has 0 aromatic rings. The molecule has 0 N–H and O–H groups in total. The Labute approximate surface area is 75.5 Å². The van der Waals surface area contributed by atoms with Gasteiger partial charge in [0.15, 0.2) is 5.78 Å². The maximum absolute atomic E-state index is 11.1. The van der Waals surface area contributed by atoms with Crippen LogP contribution in [-0.4, -0.2) is 24.4 Å². The van der Waals surface area contributed by atoms with Crippen LogP contribution < -0.4 is 0 Å². The van der Waals surface area contributed by atoms with Crippen LogP contribution in [0, 0.1) is 0 Å². The van der Waals surface area contributed by atoms with E-state index < -0.39 is 17.8 Å². The van der Waals surface area contributed by atoms with Crippen LogP contribution in [-0.2, 0) is 14.3 Å². The Balaban J connectivity index is 3.99. The molecule has 0 radical (unpaired) electrons. The molecule has 1 unspecified atom stereocenters. The van der Waals surface area contributed by atoms with Crippen molar-refractivity contribution in [2.75, 3.05) is 6.61 Å². The molecule has 0 aromatic carbocycles. The van der Waals surface area contributed by atoms with Crippen molar-refractivity contribution in [1.82, 2.24) is 0 Å². The van der Waals surface area contributed by atoms with Gasteiger partial charge in [0, 0.05) is 4.91 Å². The second-order valence-corrected chi connectivity index (χ2v) is 2.33. The van der Waals surface area contributed by atoms with Gasteiger partial charge < -0.3 is 4.74 Å². The van der Waals surface area contributed by atoms with Crippen LogP contribution in [0.4, 0.5) is 0 Å². The molecule has 0 bridgehead atoms. The lowest BCUT2D eigenvalue weighted by molar-refractivity contribution is -0.145. The van der Waals surface area contributed by atoms with Crippen LogP contribution in [0.3, 0.4) is 0 Å². The molecule has 6 nitrogen and oxygen atoms in total. The molecule has 0 spiro atoms. The SMILES string of the molecule is CCOC(=O)CC(=O)C(C)N=[N+]=[N-]. The van der Waals surface area contributed by atoms with Crippen LogP contribution >= 0.6 is 0 Å². The number of hydrogen-bond acceptors (Lipinski definition) is 4. The first-order valence-electron chi connectivity index (χ1n) is 3.84. The summed E-state index contributed by atoms with van der Waals surface area (Å²) in [7, 11) is 0. The molecule has 0 aliphatic heterocycles. The summed E-state index contributed by atoms with van der Waals surface area (Å²) in [6.45, 7) is 3.32. The minimum absolute atomic E-state index is 0.238. The highest BCUT2D eigenvalue weighted by Gasteiger charge is 2.15. The number of hydrogen-bond donors (Lipinski definition) is 0. The van der Waals surface area contributed by atoms with E-state index in [9.17, 15) is 9.59 Å². The van der Waals surface area contributed by atoms with Gasteiger partial charge in [0.25, 0.3) is 0 Å². The minimum Gasteiger partial charge on any atom is -0.466 e. The fourth-order valence-corrected chi connectivity index (χ4v) is 0.644. The molecule has 0 saturated carbocycles. The zero-order valence-corrected chi connectivity index (χ0v) is 7.56. The van der Waals surface area contributed by atoms with Gasteiger partial charge in [-0.3, -0.25) is 9.59 Å². The molecule has 72 valence electrons. The van der Waals surface area contributed by atoms with Crippen molar-refractivity contribution in [3.63, 3.8) is 0 Å². The molecule has 0 saturated heterocycles. The summed E-state index contributed by atoms with van der Waals surface area (Å²) < 4.78 is 4.55. The van der Waals surface area contributed by atoms with Crippen molar-refractivity contribution in [2.24, 2.45) is 5.11 Å². The Bertz CT molecular complexity index is 245. The van der Waals surface area contributed by atoms with Gasteiger partial charge in [-0.2, -0.15) is 0 Å². The van der Waals surface area contributed by atoms with Crippen molar-refractivity contribution in [2.45, 2.75) is 26.3 Å². The van der Waals surface area contributed by atoms with Crippen LogP contribution in [0.5, 0.6) is 0 Å². The van der Waals surface area contributed by atoms with E-state index in [0.29, 0.717) is 0 Å². The van der Waals surface area contributed by atoms with Gasteiger partial charge >= 0.3 is 5.97 Å². The fourth-order valence-electron chi connectivity index (χ4n) is 0.644. The number of carbonyl (C=O) groups excluding carboxylic acids is 2. The Morgan fingerprint density at radius 3 is 2.69 bits per heavy atom. The van der Waals surface area contributed by atoms with E-state index in [-0.39, 0.29) is 13.0 Å². The number of ether oxygens (including phenoxy) is 1. The second-order valence-electron chi connectivity index (χ2n) is 2.33. The average molecular weight is 185 g/mol. The smallest absolute Gasteiger partial charge is 0.313 e. The van der Waals surface area contributed by atoms with Crippen molar-refractivity contribution in [3.05, 3.63) is 10.4 Å². The summed E-state index contributed by atoms with van der Waals surface area (Å²) in [5, 5.41) is 3.16. The van der Waals surface area contributed by atoms with Crippen molar-refractivity contribution < 1.29 is 14.3 Å². The van der Waals surface area contributed by atoms with Gasteiger partial charge in [-0.1, -0.05) is 5.11 Å². The molecule has 0 fully saturated rings. The molecular weight excluding hydrogens is 174 g/mol. The first-order valence-corrected chi connectivity index (χ1v) is 3.84. The van der Waals surface area contributed by atoms with E-state index >= 15 is 0 Å². The van der Waals surface area contributed by atoms with Gasteiger partial charge in [-0.25, -0.2) is 0 Å². The van der Waals surface area contributed by atoms with E-state index in [0.717, 1.165) is 0 Å². The lowest BCUT2D eigenvalue weighted by Crippen LogP contribution is -2.19. The van der Waals surface area contributed by atoms with Crippen LogP contribution in [0.2, 0.25) is 0 Å². The monoisotopic (exact) mass is 185 g/mol. The predicted molar refractivity (Wildman–Crippen MR) is 44.9 cm³/mol. The quantitative estimate of drug-likeness (QED) is 0.212. The van der Waals surface area contributed by atoms with E-state index in [1.54, 1.807) is 6.92 Å². The third-order valence-electron chi connectivity index (χ3n) is 1.31. The number of esters is 1. The van der Waals surface area contributed by atoms with Gasteiger partial charge in [-0.05, 0) is 19.4 Å². The van der Waals surface area contributed by atoms with Crippen molar-refractivity contribution in [1.29, 1.82) is 0 Å². The maximum atomic E-state index is 11.1. The van der Waals surface area contributed by atoms with Crippen molar-refractivity contribution >= 4 is 11.8 Å². The van der Waals surface area contributed by atoms with Gasteiger partial charge in [0.2, 0.25) is 0 Å². The Morgan fingerprint density at radius 2 is 2.23 bits per heavy atom. The first kappa shape index (κ1) is 11.4.